The first-order chi connectivity index (χ1) is 12.3. The van der Waals surface area contributed by atoms with Crippen LogP contribution >= 0.6 is 0 Å². The molecular weight excluding hydrogens is 308 g/mol. The third kappa shape index (κ3) is 2.78. The lowest BCUT2D eigenvalue weighted by atomic mass is 9.82. The van der Waals surface area contributed by atoms with E-state index in [4.69, 9.17) is 4.74 Å². The van der Waals surface area contributed by atoms with Gasteiger partial charge >= 0.3 is 0 Å². The van der Waals surface area contributed by atoms with Gasteiger partial charge in [-0.2, -0.15) is 0 Å². The number of benzene rings is 3. The van der Waals surface area contributed by atoms with Gasteiger partial charge in [-0.1, -0.05) is 61.9 Å². The molecule has 4 rings (SSSR count). The maximum atomic E-state index is 11.7. The van der Waals surface area contributed by atoms with Gasteiger partial charge in [-0.25, -0.2) is 4.79 Å². The minimum atomic E-state index is -0.116. The Balaban J connectivity index is 1.82. The fraction of sp³-hybridized carbons (Fsp3) is 0.304. The molecule has 0 saturated heterocycles. The third-order valence-corrected chi connectivity index (χ3v) is 5.23. The summed E-state index contributed by atoms with van der Waals surface area (Å²) in [5.74, 6) is 2.18. The molecule has 0 aromatic heterocycles. The van der Waals surface area contributed by atoms with Crippen LogP contribution < -0.4 is 0 Å². The van der Waals surface area contributed by atoms with Gasteiger partial charge in [0, 0.05) is 6.61 Å². The van der Waals surface area contributed by atoms with Crippen molar-refractivity contribution in [1.82, 2.24) is 0 Å². The number of hydrogen-bond acceptors (Lipinski definition) is 2. The number of hydrogen-bond donors (Lipinski definition) is 0. The average Bonchev–Trinajstić information content (AvgIpc) is 2.67. The van der Waals surface area contributed by atoms with Crippen LogP contribution in [-0.4, -0.2) is 18.7 Å². The second-order valence-corrected chi connectivity index (χ2v) is 6.74. The number of aryl methyl sites for hydroxylation is 1. The third-order valence-electron chi connectivity index (χ3n) is 5.23. The Kier molecular flexibility index (Phi) is 4.40. The van der Waals surface area contributed by atoms with Crippen molar-refractivity contribution in [2.75, 3.05) is 6.61 Å². The van der Waals surface area contributed by atoms with Gasteiger partial charge in [-0.05, 0) is 51.9 Å². The molecule has 0 bridgehead atoms. The van der Waals surface area contributed by atoms with Crippen LogP contribution in [0.4, 0.5) is 0 Å². The molecule has 1 aliphatic carbocycles. The molecule has 2 heteroatoms. The van der Waals surface area contributed by atoms with E-state index in [1.165, 1.54) is 27.1 Å². The van der Waals surface area contributed by atoms with Crippen LogP contribution in [0.25, 0.3) is 27.1 Å². The molecule has 0 spiro atoms. The van der Waals surface area contributed by atoms with Gasteiger partial charge < -0.3 is 4.74 Å². The molecule has 1 aliphatic rings. The maximum Gasteiger partial charge on any atom is 0.131 e. The van der Waals surface area contributed by atoms with E-state index < -0.39 is 0 Å². The van der Waals surface area contributed by atoms with Crippen molar-refractivity contribution < 1.29 is 9.53 Å². The highest BCUT2D eigenvalue weighted by Crippen LogP contribution is 2.37. The molecule has 2 nitrogen and oxygen atoms in total. The van der Waals surface area contributed by atoms with E-state index in [1.54, 1.807) is 0 Å². The van der Waals surface area contributed by atoms with E-state index in [0.717, 1.165) is 31.2 Å². The summed E-state index contributed by atoms with van der Waals surface area (Å²) in [5, 5.41) is 5.02. The first kappa shape index (κ1) is 16.1. The minimum absolute atomic E-state index is 0.116. The number of fused-ring (bicyclic) bond motifs is 5. The molecule has 0 saturated carbocycles. The molecule has 126 valence electrons. The summed E-state index contributed by atoms with van der Waals surface area (Å²) in [5.41, 5.74) is 2.97. The predicted octanol–water partition coefficient (Wildman–Crippen LogP) is 5.34. The quantitative estimate of drug-likeness (QED) is 0.367. The molecule has 0 radical (unpaired) electrons. The summed E-state index contributed by atoms with van der Waals surface area (Å²) in [6.45, 7) is 2.85. The van der Waals surface area contributed by atoms with E-state index in [9.17, 15) is 4.79 Å². The number of rotatable bonds is 4. The highest BCUT2D eigenvalue weighted by Gasteiger charge is 2.27. The van der Waals surface area contributed by atoms with E-state index in [1.807, 2.05) is 0 Å². The lowest BCUT2D eigenvalue weighted by molar-refractivity contribution is 0.0825. The Bertz CT molecular complexity index is 980. The second-order valence-electron chi connectivity index (χ2n) is 6.74. The molecule has 0 amide bonds. The van der Waals surface area contributed by atoms with Crippen molar-refractivity contribution in [1.29, 1.82) is 0 Å². The SMILES string of the molecule is CCCCOC1CCc2c(ccc3c2ccc2ccccc23)C1=C=O. The van der Waals surface area contributed by atoms with Crippen molar-refractivity contribution >= 4 is 33.1 Å². The standard InChI is InChI=1S/C23H22O2/c1-2-3-14-25-23-13-12-20-19-9-8-16-6-4-5-7-17(16)18(19)10-11-21(20)22(23)15-24/h4-11,23H,2-3,12-14H2,1H3. The topological polar surface area (TPSA) is 26.3 Å². The van der Waals surface area contributed by atoms with Crippen molar-refractivity contribution in [2.45, 2.75) is 38.7 Å². The van der Waals surface area contributed by atoms with Crippen LogP contribution in [0.15, 0.2) is 48.5 Å². The van der Waals surface area contributed by atoms with Crippen LogP contribution in [0, 0.1) is 0 Å². The van der Waals surface area contributed by atoms with Gasteiger partial charge in [0.2, 0.25) is 0 Å². The van der Waals surface area contributed by atoms with Crippen molar-refractivity contribution in [2.24, 2.45) is 0 Å². The summed E-state index contributed by atoms with van der Waals surface area (Å²) in [7, 11) is 0. The van der Waals surface area contributed by atoms with Crippen LogP contribution in [0.2, 0.25) is 0 Å². The van der Waals surface area contributed by atoms with Crippen LogP contribution in [0.3, 0.4) is 0 Å². The fourth-order valence-electron chi connectivity index (χ4n) is 3.92. The van der Waals surface area contributed by atoms with Gasteiger partial charge in [0.15, 0.2) is 0 Å². The molecule has 0 fully saturated rings. The predicted molar refractivity (Wildman–Crippen MR) is 104 cm³/mol. The maximum absolute atomic E-state index is 11.7. The second kappa shape index (κ2) is 6.84. The molecule has 0 aliphatic heterocycles. The molecule has 1 atom stereocenters. The number of ether oxygens (including phenoxy) is 1. The minimum Gasteiger partial charge on any atom is -0.373 e. The molecule has 3 aromatic rings. The van der Waals surface area contributed by atoms with Gasteiger partial charge in [0.25, 0.3) is 0 Å². The first-order valence-corrected chi connectivity index (χ1v) is 9.13. The van der Waals surface area contributed by atoms with E-state index in [0.29, 0.717) is 12.2 Å². The molecule has 1 unspecified atom stereocenters. The van der Waals surface area contributed by atoms with Gasteiger partial charge in [-0.3, -0.25) is 0 Å². The Labute approximate surface area is 148 Å². The van der Waals surface area contributed by atoms with Crippen LogP contribution in [0.1, 0.15) is 37.3 Å². The highest BCUT2D eigenvalue weighted by molar-refractivity contribution is 6.10. The molecule has 0 N–H and O–H groups in total. The van der Waals surface area contributed by atoms with Crippen molar-refractivity contribution in [3.05, 3.63) is 59.7 Å². The van der Waals surface area contributed by atoms with Gasteiger partial charge in [0.1, 0.15) is 5.94 Å². The zero-order valence-corrected chi connectivity index (χ0v) is 14.5. The summed E-state index contributed by atoms with van der Waals surface area (Å²) in [6, 6.07) is 17.0. The molecule has 25 heavy (non-hydrogen) atoms. The van der Waals surface area contributed by atoms with E-state index in [-0.39, 0.29) is 6.10 Å². The Hall–Kier alpha value is -2.41. The number of unbranched alkanes of at least 4 members (excludes halogenated alkanes) is 1. The first-order valence-electron chi connectivity index (χ1n) is 9.13. The summed E-state index contributed by atoms with van der Waals surface area (Å²) >= 11 is 0. The fourth-order valence-corrected chi connectivity index (χ4v) is 3.92. The molecule has 0 heterocycles. The van der Waals surface area contributed by atoms with Crippen LogP contribution in [0.5, 0.6) is 0 Å². The lowest BCUT2D eigenvalue weighted by Crippen LogP contribution is -2.22. The van der Waals surface area contributed by atoms with Crippen molar-refractivity contribution in [3.8, 4) is 0 Å². The van der Waals surface area contributed by atoms with E-state index in [2.05, 4.69) is 61.4 Å². The Morgan fingerprint density at radius 1 is 1.04 bits per heavy atom. The summed E-state index contributed by atoms with van der Waals surface area (Å²) in [4.78, 5) is 11.7. The Morgan fingerprint density at radius 2 is 1.88 bits per heavy atom. The van der Waals surface area contributed by atoms with E-state index >= 15 is 0 Å². The van der Waals surface area contributed by atoms with Crippen LogP contribution in [-0.2, 0) is 16.0 Å². The zero-order chi connectivity index (χ0) is 17.2. The highest BCUT2D eigenvalue weighted by atomic mass is 16.5. The smallest absolute Gasteiger partial charge is 0.131 e. The monoisotopic (exact) mass is 330 g/mol. The summed E-state index contributed by atoms with van der Waals surface area (Å²) < 4.78 is 5.97. The largest absolute Gasteiger partial charge is 0.373 e. The average molecular weight is 330 g/mol. The van der Waals surface area contributed by atoms with Crippen molar-refractivity contribution in [3.63, 3.8) is 0 Å². The normalized spacial score (nSPS) is 16.8. The zero-order valence-electron chi connectivity index (χ0n) is 14.5. The Morgan fingerprint density at radius 3 is 2.72 bits per heavy atom. The van der Waals surface area contributed by atoms with Gasteiger partial charge in [0.05, 0.1) is 11.7 Å². The lowest BCUT2D eigenvalue weighted by Gasteiger charge is -2.27. The molecule has 3 aromatic carbocycles. The van der Waals surface area contributed by atoms with Gasteiger partial charge in [-0.15, -0.1) is 0 Å². The molecular formula is C23H22O2. The number of carbonyl (C=O) groups excluding carboxylic acids is 1. The summed E-state index contributed by atoms with van der Waals surface area (Å²) in [6.07, 6.45) is 3.80.